The van der Waals surface area contributed by atoms with Crippen molar-refractivity contribution >= 4 is 118 Å². The van der Waals surface area contributed by atoms with E-state index in [0.29, 0.717) is 17.5 Å². The number of furan rings is 1. The predicted molar refractivity (Wildman–Crippen MR) is 253 cm³/mol. The van der Waals surface area contributed by atoms with E-state index >= 15 is 0 Å². The molecule has 11 aromatic carbocycles. The summed E-state index contributed by atoms with van der Waals surface area (Å²) in [7, 11) is 0. The molecule has 0 bridgehead atoms. The van der Waals surface area contributed by atoms with Gasteiger partial charge in [-0.05, 0) is 113 Å². The van der Waals surface area contributed by atoms with Crippen molar-refractivity contribution in [2.75, 3.05) is 0 Å². The number of thiophene rings is 1. The monoisotopic (exact) mass is 779 g/mol. The zero-order valence-corrected chi connectivity index (χ0v) is 32.7. The maximum Gasteiger partial charge on any atom is 0.164 e. The van der Waals surface area contributed by atoms with Crippen LogP contribution in [0.15, 0.2) is 180 Å². The maximum atomic E-state index is 6.24. The summed E-state index contributed by atoms with van der Waals surface area (Å²) in [6.45, 7) is 0. The Kier molecular flexibility index (Phi) is 6.41. The van der Waals surface area contributed by atoms with Crippen LogP contribution in [0.3, 0.4) is 0 Å². The molecular weight excluding hydrogens is 751 g/mol. The third-order valence-corrected chi connectivity index (χ3v) is 13.7. The van der Waals surface area contributed by atoms with Crippen molar-refractivity contribution < 1.29 is 4.42 Å². The van der Waals surface area contributed by atoms with Crippen molar-refractivity contribution in [1.82, 2.24) is 15.0 Å². The molecule has 0 unspecified atom stereocenters. The summed E-state index contributed by atoms with van der Waals surface area (Å²) in [5.41, 5.74) is 4.53. The zero-order valence-electron chi connectivity index (χ0n) is 31.9. The fraction of sp³-hybridized carbons (Fsp3) is 0. The molecule has 5 heteroatoms. The highest BCUT2D eigenvalue weighted by Crippen LogP contribution is 2.45. The minimum absolute atomic E-state index is 0.614. The average Bonchev–Trinajstić information content (AvgIpc) is 3.88. The molecule has 0 amide bonds. The van der Waals surface area contributed by atoms with Gasteiger partial charge in [0.05, 0.1) is 0 Å². The molecule has 0 aliphatic carbocycles. The van der Waals surface area contributed by atoms with E-state index in [1.165, 1.54) is 74.0 Å². The Hall–Kier alpha value is -7.73. The summed E-state index contributed by atoms with van der Waals surface area (Å²) in [4.78, 5) is 16.1. The maximum absolute atomic E-state index is 6.24. The fourth-order valence-corrected chi connectivity index (χ4v) is 11.1. The van der Waals surface area contributed by atoms with Crippen LogP contribution in [0, 0.1) is 0 Å². The van der Waals surface area contributed by atoms with Crippen LogP contribution in [-0.4, -0.2) is 15.0 Å². The Balaban J connectivity index is 1.12. The van der Waals surface area contributed by atoms with Crippen molar-refractivity contribution in [2.24, 2.45) is 0 Å². The van der Waals surface area contributed by atoms with Crippen LogP contribution in [0.2, 0.25) is 0 Å². The molecule has 0 aliphatic rings. The topological polar surface area (TPSA) is 51.8 Å². The molecule has 3 aromatic heterocycles. The number of fused-ring (bicyclic) bond motifs is 8. The number of hydrogen-bond acceptors (Lipinski definition) is 5. The molecule has 0 aliphatic heterocycles. The van der Waals surface area contributed by atoms with Gasteiger partial charge in [0.1, 0.15) is 11.2 Å². The van der Waals surface area contributed by atoms with Crippen molar-refractivity contribution in [3.05, 3.63) is 176 Å². The molecular formula is C55H29N3OS. The Morgan fingerprint density at radius 1 is 0.317 bits per heavy atom. The molecule has 60 heavy (non-hydrogen) atoms. The lowest BCUT2D eigenvalue weighted by Crippen LogP contribution is -2.00. The molecule has 0 N–H and O–H groups in total. The van der Waals surface area contributed by atoms with Gasteiger partial charge in [-0.25, -0.2) is 15.0 Å². The van der Waals surface area contributed by atoms with E-state index in [9.17, 15) is 0 Å². The van der Waals surface area contributed by atoms with E-state index in [1.807, 2.05) is 18.2 Å². The molecule has 0 saturated carbocycles. The van der Waals surface area contributed by atoms with Crippen molar-refractivity contribution in [3.8, 4) is 34.2 Å². The molecule has 0 fully saturated rings. The number of rotatable bonds is 3. The standard InChI is InChI=1S/C55H29N3OS/c1-3-18-44-36(12-1)42-28-34(25-26-45(42)59-44)53-56-54(58-55(57-53)41-17-8-20-47-52(41)40-13-2-4-19-46(40)60-47)35-27-33-24-23-32-10-6-15-38-37-14-5-9-30-21-22-31-11-7-16-39(50(31)48(30)37)43(29-35)51(33)49(32)38/h1-29H. The molecule has 0 spiro atoms. The first kappa shape index (κ1) is 32.3. The number of hydrogen-bond donors (Lipinski definition) is 0. The summed E-state index contributed by atoms with van der Waals surface area (Å²) in [5.74, 6) is 1.89. The van der Waals surface area contributed by atoms with Crippen LogP contribution in [0.25, 0.3) is 141 Å². The Morgan fingerprint density at radius 3 is 1.60 bits per heavy atom. The lowest BCUT2D eigenvalue weighted by molar-refractivity contribution is 0.669. The third-order valence-electron chi connectivity index (χ3n) is 12.6. The van der Waals surface area contributed by atoms with E-state index in [2.05, 4.69) is 158 Å². The first-order chi connectivity index (χ1) is 29.7. The van der Waals surface area contributed by atoms with E-state index < -0.39 is 0 Å². The lowest BCUT2D eigenvalue weighted by Gasteiger charge is -2.17. The molecule has 14 rings (SSSR count). The normalized spacial score (nSPS) is 12.3. The highest BCUT2D eigenvalue weighted by molar-refractivity contribution is 7.25. The van der Waals surface area contributed by atoms with Crippen LogP contribution in [-0.2, 0) is 0 Å². The van der Waals surface area contributed by atoms with Gasteiger partial charge in [0.15, 0.2) is 17.5 Å². The summed E-state index contributed by atoms with van der Waals surface area (Å²) in [6.07, 6.45) is 0. The first-order valence-corrected chi connectivity index (χ1v) is 21.1. The highest BCUT2D eigenvalue weighted by Gasteiger charge is 2.21. The lowest BCUT2D eigenvalue weighted by atomic mass is 9.87. The Labute approximate surface area is 345 Å². The predicted octanol–water partition coefficient (Wildman–Crippen LogP) is 15.5. The summed E-state index contributed by atoms with van der Waals surface area (Å²) in [6, 6.07) is 63.4. The van der Waals surface area contributed by atoms with Crippen molar-refractivity contribution in [1.29, 1.82) is 0 Å². The van der Waals surface area contributed by atoms with Gasteiger partial charge < -0.3 is 4.42 Å². The number of nitrogens with zero attached hydrogens (tertiary/aromatic N) is 3. The number of para-hydroxylation sites is 1. The van der Waals surface area contributed by atoms with Crippen molar-refractivity contribution in [2.45, 2.75) is 0 Å². The molecule has 0 radical (unpaired) electrons. The molecule has 4 nitrogen and oxygen atoms in total. The SMILES string of the molecule is c1ccc2c(c1)oc1ccc(-c3nc(-c4cc5ccc6cccc7c8cccc9ccc%10cccc(c(c4)c5c67)c%10c98)nc(-c4cccc5sc6ccccc6c45)n3)cc12. The zero-order chi connectivity index (χ0) is 39.1. The van der Waals surface area contributed by atoms with Crippen LogP contribution >= 0.6 is 11.3 Å². The molecule has 3 heterocycles. The van der Waals surface area contributed by atoms with Gasteiger partial charge in [-0.2, -0.15) is 0 Å². The smallest absolute Gasteiger partial charge is 0.164 e. The Morgan fingerprint density at radius 2 is 0.850 bits per heavy atom. The largest absolute Gasteiger partial charge is 0.456 e. The van der Waals surface area contributed by atoms with Crippen LogP contribution in [0.1, 0.15) is 0 Å². The first-order valence-electron chi connectivity index (χ1n) is 20.3. The second-order valence-corrected chi connectivity index (χ2v) is 16.9. The van der Waals surface area contributed by atoms with E-state index in [-0.39, 0.29) is 0 Å². The quantitative estimate of drug-likeness (QED) is 0.168. The minimum atomic E-state index is 0.614. The van der Waals surface area contributed by atoms with Gasteiger partial charge in [0, 0.05) is 47.6 Å². The van der Waals surface area contributed by atoms with Crippen molar-refractivity contribution in [3.63, 3.8) is 0 Å². The van der Waals surface area contributed by atoms with E-state index in [4.69, 9.17) is 19.4 Å². The second kappa shape index (κ2) is 11.9. The molecule has 276 valence electrons. The van der Waals surface area contributed by atoms with E-state index in [0.717, 1.165) is 49.4 Å². The number of benzene rings is 10. The second-order valence-electron chi connectivity index (χ2n) is 15.9. The summed E-state index contributed by atoms with van der Waals surface area (Å²) >= 11 is 1.80. The van der Waals surface area contributed by atoms with Crippen LogP contribution < -0.4 is 0 Å². The van der Waals surface area contributed by atoms with Gasteiger partial charge in [0.2, 0.25) is 0 Å². The van der Waals surface area contributed by atoms with Crippen LogP contribution in [0.4, 0.5) is 0 Å². The molecule has 14 aromatic rings. The summed E-state index contributed by atoms with van der Waals surface area (Å²) in [5, 5.41) is 19.3. The van der Waals surface area contributed by atoms with E-state index in [1.54, 1.807) is 11.3 Å². The number of aromatic nitrogens is 3. The van der Waals surface area contributed by atoms with Gasteiger partial charge >= 0.3 is 0 Å². The fourth-order valence-electron chi connectivity index (χ4n) is 9.99. The van der Waals surface area contributed by atoms with Gasteiger partial charge in [0.25, 0.3) is 0 Å². The third kappa shape index (κ3) is 4.47. The van der Waals surface area contributed by atoms with Gasteiger partial charge in [-0.3, -0.25) is 0 Å². The minimum Gasteiger partial charge on any atom is -0.456 e. The van der Waals surface area contributed by atoms with Gasteiger partial charge in [-0.15, -0.1) is 11.3 Å². The van der Waals surface area contributed by atoms with Crippen LogP contribution in [0.5, 0.6) is 0 Å². The molecule has 0 atom stereocenters. The summed E-state index contributed by atoms with van der Waals surface area (Å²) < 4.78 is 8.69. The average molecular weight is 780 g/mol. The molecule has 0 saturated heterocycles. The van der Waals surface area contributed by atoms with Gasteiger partial charge in [-0.1, -0.05) is 127 Å². The highest BCUT2D eigenvalue weighted by atomic mass is 32.1. The Bertz CT molecular complexity index is 4140.